The fourth-order valence-corrected chi connectivity index (χ4v) is 2.04. The first kappa shape index (κ1) is 14.7. The fraction of sp³-hybridized carbons (Fsp3) is 0.615. The van der Waals surface area contributed by atoms with Crippen molar-refractivity contribution in [2.45, 2.75) is 45.4 Å². The zero-order valence-corrected chi connectivity index (χ0v) is 11.0. The molecule has 3 atom stereocenters. The lowest BCUT2D eigenvalue weighted by Crippen LogP contribution is -2.50. The minimum atomic E-state index is -0.860. The third-order valence-corrected chi connectivity index (χ3v) is 2.91. The van der Waals surface area contributed by atoms with Crippen molar-refractivity contribution in [3.8, 4) is 0 Å². The van der Waals surface area contributed by atoms with E-state index in [2.05, 4.69) is 5.32 Å². The number of aliphatic hydroxyl groups excluding tert-OH is 1. The lowest BCUT2D eigenvalue weighted by molar-refractivity contribution is -0.137. The minimum Gasteiger partial charge on any atom is -0.496 e. The monoisotopic (exact) mass is 255 g/mol. The summed E-state index contributed by atoms with van der Waals surface area (Å²) < 4.78 is 5.49. The molecule has 0 amide bonds. The predicted octanol–water partition coefficient (Wildman–Crippen LogP) is 1.05. The van der Waals surface area contributed by atoms with Crippen LogP contribution >= 0.6 is 0 Å². The van der Waals surface area contributed by atoms with E-state index >= 15 is 0 Å². The lowest BCUT2D eigenvalue weighted by Gasteiger charge is -2.32. The van der Waals surface area contributed by atoms with E-state index in [1.165, 1.54) is 0 Å². The normalized spacial score (nSPS) is 26.2. The number of nitrogens with one attached hydrogen (secondary N) is 1. The number of carbonyl (C=O) groups is 1. The van der Waals surface area contributed by atoms with Gasteiger partial charge in [0.1, 0.15) is 12.7 Å². The number of carboxylic acid groups (broad SMARTS) is 1. The van der Waals surface area contributed by atoms with E-state index in [1.54, 1.807) is 6.92 Å². The summed E-state index contributed by atoms with van der Waals surface area (Å²) in [7, 11) is 0. The molecule has 0 radical (unpaired) electrons. The van der Waals surface area contributed by atoms with Crippen molar-refractivity contribution in [2.75, 3.05) is 6.61 Å². The molecule has 5 nitrogen and oxygen atoms in total. The zero-order chi connectivity index (χ0) is 13.7. The molecule has 1 aliphatic heterocycles. The summed E-state index contributed by atoms with van der Waals surface area (Å²) in [5.41, 5.74) is 0.740. The maximum Gasteiger partial charge on any atom is 0.304 e. The summed E-state index contributed by atoms with van der Waals surface area (Å²) >= 11 is 0. The Hall–Kier alpha value is -1.33. The first-order valence-corrected chi connectivity index (χ1v) is 6.07. The van der Waals surface area contributed by atoms with Crippen molar-refractivity contribution in [2.24, 2.45) is 0 Å². The molecule has 0 fully saturated rings. The number of ether oxygens (including phenoxy) is 1. The van der Waals surface area contributed by atoms with Crippen molar-refractivity contribution >= 4 is 5.97 Å². The van der Waals surface area contributed by atoms with E-state index in [4.69, 9.17) is 9.84 Å². The Morgan fingerprint density at radius 3 is 2.89 bits per heavy atom. The molecular weight excluding hydrogens is 234 g/mol. The number of allylic oxidation sites excluding steroid dienone is 2. The first-order chi connectivity index (χ1) is 8.45. The lowest BCUT2D eigenvalue weighted by atomic mass is 9.98. The highest BCUT2D eigenvalue weighted by Crippen LogP contribution is 2.21. The second kappa shape index (κ2) is 6.56. The molecular formula is C13H21NO4. The molecule has 1 rings (SSSR count). The third kappa shape index (κ3) is 3.85. The van der Waals surface area contributed by atoms with Crippen molar-refractivity contribution in [3.05, 3.63) is 23.5 Å². The van der Waals surface area contributed by atoms with Crippen LogP contribution in [0.3, 0.4) is 0 Å². The molecule has 0 aliphatic carbocycles. The molecule has 0 bridgehead atoms. The van der Waals surface area contributed by atoms with E-state index in [0.717, 1.165) is 5.57 Å². The van der Waals surface area contributed by atoms with Gasteiger partial charge in [-0.3, -0.25) is 4.79 Å². The van der Waals surface area contributed by atoms with E-state index in [9.17, 15) is 9.90 Å². The standard InChI is InChI=1S/C13H21NO4/c1-4-5-10-9(3)18-7-11(13(10)17)14-8(2)6-12(15)16/h4-5,8,11,13-14,17H,6-7H2,1-3H3,(H,15,16). The quantitative estimate of drug-likeness (QED) is 0.684. The average Bonchev–Trinajstić information content (AvgIpc) is 2.27. The largest absolute Gasteiger partial charge is 0.496 e. The summed E-state index contributed by atoms with van der Waals surface area (Å²) in [5.74, 6) is -0.147. The molecule has 0 spiro atoms. The second-order valence-corrected chi connectivity index (χ2v) is 4.54. The van der Waals surface area contributed by atoms with Crippen LogP contribution < -0.4 is 5.32 Å². The molecule has 18 heavy (non-hydrogen) atoms. The number of carboxylic acids is 1. The van der Waals surface area contributed by atoms with E-state index in [1.807, 2.05) is 26.0 Å². The molecule has 0 saturated heterocycles. The van der Waals surface area contributed by atoms with Gasteiger partial charge >= 0.3 is 5.97 Å². The topological polar surface area (TPSA) is 78.8 Å². The van der Waals surface area contributed by atoms with Gasteiger partial charge in [0.05, 0.1) is 18.2 Å². The highest BCUT2D eigenvalue weighted by molar-refractivity contribution is 5.67. The number of hydrogen-bond donors (Lipinski definition) is 3. The molecule has 0 aromatic rings. The highest BCUT2D eigenvalue weighted by Gasteiger charge is 2.29. The van der Waals surface area contributed by atoms with Gasteiger partial charge in [0.15, 0.2) is 0 Å². The Morgan fingerprint density at radius 2 is 2.33 bits per heavy atom. The van der Waals surface area contributed by atoms with Crippen molar-refractivity contribution in [3.63, 3.8) is 0 Å². The number of aliphatic hydroxyl groups is 1. The van der Waals surface area contributed by atoms with Crippen LogP contribution in [0.5, 0.6) is 0 Å². The molecule has 0 saturated carbocycles. The molecule has 5 heteroatoms. The molecule has 3 N–H and O–H groups in total. The van der Waals surface area contributed by atoms with Crippen molar-refractivity contribution in [1.82, 2.24) is 5.32 Å². The van der Waals surface area contributed by atoms with Crippen molar-refractivity contribution < 1.29 is 19.7 Å². The average molecular weight is 255 g/mol. The van der Waals surface area contributed by atoms with Crippen LogP contribution in [0.1, 0.15) is 27.2 Å². The van der Waals surface area contributed by atoms with Gasteiger partial charge in [-0.2, -0.15) is 0 Å². The van der Waals surface area contributed by atoms with Crippen LogP contribution in [0.25, 0.3) is 0 Å². The summed E-state index contributed by atoms with van der Waals surface area (Å²) in [5, 5.41) is 22.0. The van der Waals surface area contributed by atoms with E-state index in [-0.39, 0.29) is 18.5 Å². The fourth-order valence-electron chi connectivity index (χ4n) is 2.04. The zero-order valence-electron chi connectivity index (χ0n) is 11.0. The smallest absolute Gasteiger partial charge is 0.304 e. The van der Waals surface area contributed by atoms with Crippen LogP contribution in [-0.4, -0.2) is 41.0 Å². The second-order valence-electron chi connectivity index (χ2n) is 4.54. The Labute approximate surface area is 107 Å². The van der Waals surface area contributed by atoms with Crippen LogP contribution in [0.4, 0.5) is 0 Å². The van der Waals surface area contributed by atoms with Gasteiger partial charge < -0.3 is 20.3 Å². The summed E-state index contributed by atoms with van der Waals surface area (Å²) in [6.45, 7) is 5.81. The van der Waals surface area contributed by atoms with Gasteiger partial charge in [-0.1, -0.05) is 12.2 Å². The summed E-state index contributed by atoms with van der Waals surface area (Å²) in [6.07, 6.45) is 3.00. The number of hydrogen-bond acceptors (Lipinski definition) is 4. The van der Waals surface area contributed by atoms with Crippen LogP contribution in [0.15, 0.2) is 23.5 Å². The summed E-state index contributed by atoms with van der Waals surface area (Å²) in [6, 6.07) is -0.495. The van der Waals surface area contributed by atoms with Gasteiger partial charge in [-0.05, 0) is 20.8 Å². The van der Waals surface area contributed by atoms with Gasteiger partial charge in [-0.25, -0.2) is 0 Å². The first-order valence-electron chi connectivity index (χ1n) is 6.07. The van der Waals surface area contributed by atoms with E-state index in [0.29, 0.717) is 12.4 Å². The van der Waals surface area contributed by atoms with Gasteiger partial charge in [0, 0.05) is 11.6 Å². The predicted molar refractivity (Wildman–Crippen MR) is 68.1 cm³/mol. The van der Waals surface area contributed by atoms with Gasteiger partial charge in [0.25, 0.3) is 0 Å². The molecule has 3 unspecified atom stereocenters. The van der Waals surface area contributed by atoms with Crippen LogP contribution in [0.2, 0.25) is 0 Å². The Bertz CT molecular complexity index is 362. The molecule has 102 valence electrons. The maximum absolute atomic E-state index is 10.6. The highest BCUT2D eigenvalue weighted by atomic mass is 16.5. The van der Waals surface area contributed by atoms with Gasteiger partial charge in [-0.15, -0.1) is 0 Å². The molecule has 0 aromatic carbocycles. The molecule has 1 aliphatic rings. The van der Waals surface area contributed by atoms with E-state index < -0.39 is 12.1 Å². The summed E-state index contributed by atoms with van der Waals surface area (Å²) in [4.78, 5) is 10.6. The number of rotatable bonds is 5. The SMILES string of the molecule is CC=CC1=C(C)OCC(NC(C)CC(=O)O)C1O. The van der Waals surface area contributed by atoms with Crippen molar-refractivity contribution in [1.29, 1.82) is 0 Å². The Morgan fingerprint density at radius 1 is 1.67 bits per heavy atom. The maximum atomic E-state index is 10.6. The molecule has 0 aromatic heterocycles. The molecule has 1 heterocycles. The number of aliphatic carboxylic acids is 1. The van der Waals surface area contributed by atoms with Gasteiger partial charge in [0.2, 0.25) is 0 Å². The third-order valence-electron chi connectivity index (χ3n) is 2.91. The Balaban J connectivity index is 2.67. The minimum absolute atomic E-state index is 0.0187. The Kier molecular flexibility index (Phi) is 5.37. The van der Waals surface area contributed by atoms with Crippen LogP contribution in [0, 0.1) is 0 Å². The van der Waals surface area contributed by atoms with Crippen LogP contribution in [-0.2, 0) is 9.53 Å².